The number of hydrogen-bond acceptors (Lipinski definition) is 0. The molecule has 2 fully saturated rings. The molecule has 0 aromatic heterocycles. The van der Waals surface area contributed by atoms with Gasteiger partial charge in [-0.1, -0.05) is 0 Å². The van der Waals surface area contributed by atoms with Gasteiger partial charge >= 0.3 is 0 Å². The molecule has 0 aromatic carbocycles. The summed E-state index contributed by atoms with van der Waals surface area (Å²) in [5.41, 5.74) is 0.969. The minimum absolute atomic E-state index is 0.969. The van der Waals surface area contributed by atoms with Crippen LogP contribution < -0.4 is 0 Å². The zero-order valence-corrected chi connectivity index (χ0v) is 6.33. The number of rotatable bonds is 0. The third-order valence-electron chi connectivity index (χ3n) is 2.00. The molecule has 0 aromatic rings. The van der Waals surface area contributed by atoms with Gasteiger partial charge in [-0.2, -0.15) is 0 Å². The van der Waals surface area contributed by atoms with E-state index in [4.69, 9.17) is 0 Å². The largest absolute Gasteiger partial charge is 0.121 e. The maximum Gasteiger partial charge on any atom is -0.0150 e. The van der Waals surface area contributed by atoms with E-state index in [0.717, 1.165) is 5.41 Å². The van der Waals surface area contributed by atoms with Gasteiger partial charge in [-0.05, 0) is 30.1 Å². The molecule has 0 N–H and O–H groups in total. The Bertz CT molecular complexity index is 66.6. The first-order valence-electron chi connectivity index (χ1n) is 2.83. The van der Waals surface area contributed by atoms with Gasteiger partial charge in [0, 0.05) is 0 Å². The fourth-order valence-electron chi connectivity index (χ4n) is 1.21. The third kappa shape index (κ3) is 0.570. The average molecular weight is 132 g/mol. The Morgan fingerprint density at radius 3 is 1.29 bits per heavy atom. The van der Waals surface area contributed by atoms with Gasteiger partial charge in [0.05, 0.1) is 0 Å². The van der Waals surface area contributed by atoms with Crippen molar-refractivity contribution in [3.63, 3.8) is 0 Å². The molecule has 0 bridgehead atoms. The molecule has 0 radical (unpaired) electrons. The lowest BCUT2D eigenvalue weighted by atomic mass is 9.96. The van der Waals surface area contributed by atoms with E-state index in [9.17, 15) is 0 Å². The molecule has 7 heavy (non-hydrogen) atoms. The van der Waals surface area contributed by atoms with Gasteiger partial charge in [0.1, 0.15) is 0 Å². The molecule has 2 heterocycles. The fourth-order valence-corrected chi connectivity index (χ4v) is 5.12. The minimum Gasteiger partial charge on any atom is -0.121 e. The van der Waals surface area contributed by atoms with Crippen LogP contribution >= 0.6 is 17.2 Å². The van der Waals surface area contributed by atoms with Gasteiger partial charge in [0.15, 0.2) is 0 Å². The van der Waals surface area contributed by atoms with Crippen molar-refractivity contribution in [3.8, 4) is 0 Å². The van der Waals surface area contributed by atoms with Crippen molar-refractivity contribution in [2.24, 2.45) is 5.41 Å². The molecular formula is C5H10P2. The topological polar surface area (TPSA) is 0 Å². The van der Waals surface area contributed by atoms with Crippen LogP contribution in [0.4, 0.5) is 0 Å². The SMILES string of the molecule is C1PCC12CPC2. The van der Waals surface area contributed by atoms with Gasteiger partial charge in [-0.25, -0.2) is 0 Å². The highest BCUT2D eigenvalue weighted by Gasteiger charge is 2.41. The van der Waals surface area contributed by atoms with Crippen LogP contribution in [0.5, 0.6) is 0 Å². The molecule has 2 rings (SSSR count). The Labute approximate surface area is 48.0 Å². The summed E-state index contributed by atoms with van der Waals surface area (Å²) in [5.74, 6) is 0. The minimum atomic E-state index is 0.969. The second-order valence-corrected chi connectivity index (χ2v) is 5.12. The molecule has 2 aliphatic heterocycles. The molecule has 0 unspecified atom stereocenters. The van der Waals surface area contributed by atoms with E-state index < -0.39 is 0 Å². The second-order valence-electron chi connectivity index (χ2n) is 2.71. The summed E-state index contributed by atoms with van der Waals surface area (Å²) in [7, 11) is 2.67. The molecule has 1 spiro atoms. The summed E-state index contributed by atoms with van der Waals surface area (Å²) in [6.45, 7) is 0. The summed E-state index contributed by atoms with van der Waals surface area (Å²) in [5, 5.41) is 0. The van der Waals surface area contributed by atoms with Crippen LogP contribution in [0.1, 0.15) is 0 Å². The summed E-state index contributed by atoms with van der Waals surface area (Å²) in [6, 6.07) is 0. The van der Waals surface area contributed by atoms with E-state index in [1.54, 1.807) is 24.6 Å². The Hall–Kier alpha value is 0.860. The van der Waals surface area contributed by atoms with E-state index >= 15 is 0 Å². The molecular weight excluding hydrogens is 122 g/mol. The summed E-state index contributed by atoms with van der Waals surface area (Å²) in [4.78, 5) is 0. The van der Waals surface area contributed by atoms with Crippen molar-refractivity contribution in [1.29, 1.82) is 0 Å². The first-order chi connectivity index (χ1) is 3.41. The molecule has 0 saturated carbocycles. The Balaban J connectivity index is 2.00. The van der Waals surface area contributed by atoms with Crippen LogP contribution in [0.2, 0.25) is 0 Å². The summed E-state index contributed by atoms with van der Waals surface area (Å²) >= 11 is 0. The highest BCUT2D eigenvalue weighted by atomic mass is 31.1. The van der Waals surface area contributed by atoms with Crippen LogP contribution in [-0.2, 0) is 0 Å². The predicted molar refractivity (Wildman–Crippen MR) is 38.5 cm³/mol. The smallest absolute Gasteiger partial charge is 0.0150 e. The Morgan fingerprint density at radius 1 is 0.857 bits per heavy atom. The van der Waals surface area contributed by atoms with Crippen molar-refractivity contribution in [2.75, 3.05) is 24.6 Å². The lowest BCUT2D eigenvalue weighted by Crippen LogP contribution is -2.44. The highest BCUT2D eigenvalue weighted by Crippen LogP contribution is 2.55. The predicted octanol–water partition coefficient (Wildman–Crippen LogP) is 1.36. The summed E-state index contributed by atoms with van der Waals surface area (Å²) < 4.78 is 0. The van der Waals surface area contributed by atoms with Crippen LogP contribution in [0.15, 0.2) is 0 Å². The molecule has 0 atom stereocenters. The van der Waals surface area contributed by atoms with Crippen LogP contribution in [0.25, 0.3) is 0 Å². The highest BCUT2D eigenvalue weighted by molar-refractivity contribution is 7.44. The van der Waals surface area contributed by atoms with Crippen molar-refractivity contribution in [3.05, 3.63) is 0 Å². The van der Waals surface area contributed by atoms with Gasteiger partial charge in [-0.3, -0.25) is 0 Å². The van der Waals surface area contributed by atoms with Crippen LogP contribution in [-0.4, -0.2) is 24.6 Å². The zero-order valence-electron chi connectivity index (χ0n) is 4.33. The molecule has 0 amide bonds. The van der Waals surface area contributed by atoms with E-state index in [2.05, 4.69) is 0 Å². The van der Waals surface area contributed by atoms with Crippen molar-refractivity contribution in [2.45, 2.75) is 0 Å². The van der Waals surface area contributed by atoms with Gasteiger partial charge in [-0.15, -0.1) is 17.2 Å². The lowest BCUT2D eigenvalue weighted by Gasteiger charge is -2.49. The van der Waals surface area contributed by atoms with E-state index in [1.807, 2.05) is 0 Å². The molecule has 0 aliphatic carbocycles. The first-order valence-corrected chi connectivity index (χ1v) is 5.66. The lowest BCUT2D eigenvalue weighted by molar-refractivity contribution is 0.440. The van der Waals surface area contributed by atoms with E-state index in [1.165, 1.54) is 17.2 Å². The van der Waals surface area contributed by atoms with Crippen LogP contribution in [0, 0.1) is 5.41 Å². The monoisotopic (exact) mass is 132 g/mol. The number of hydrogen-bond donors (Lipinski definition) is 0. The van der Waals surface area contributed by atoms with Crippen molar-refractivity contribution < 1.29 is 0 Å². The van der Waals surface area contributed by atoms with Crippen LogP contribution in [0.3, 0.4) is 0 Å². The molecule has 0 nitrogen and oxygen atoms in total. The molecule has 40 valence electrons. The van der Waals surface area contributed by atoms with E-state index in [0.29, 0.717) is 0 Å². The standard InChI is InChI=1S/C5H10P2/c1-5(2-6-1)3-7-4-5/h6-7H,1-4H2. The van der Waals surface area contributed by atoms with E-state index in [-0.39, 0.29) is 0 Å². The van der Waals surface area contributed by atoms with Gasteiger partial charge < -0.3 is 0 Å². The first kappa shape index (κ1) is 4.71. The second kappa shape index (κ2) is 1.42. The maximum absolute atomic E-state index is 1.60. The zero-order chi connectivity index (χ0) is 4.74. The van der Waals surface area contributed by atoms with Gasteiger partial charge in [0.25, 0.3) is 0 Å². The normalized spacial score (nSPS) is 54.9. The van der Waals surface area contributed by atoms with Crippen molar-refractivity contribution >= 4 is 17.2 Å². The molecule has 2 saturated heterocycles. The molecule has 2 aliphatic rings. The average Bonchev–Trinajstić information content (AvgIpc) is 1.20. The maximum atomic E-state index is 1.60. The molecule has 2 heteroatoms. The Kier molecular flexibility index (Phi) is 0.959. The van der Waals surface area contributed by atoms with Gasteiger partial charge in [0.2, 0.25) is 0 Å². The Morgan fingerprint density at radius 2 is 1.29 bits per heavy atom. The summed E-state index contributed by atoms with van der Waals surface area (Å²) in [6.07, 6.45) is 6.39. The fraction of sp³-hybridized carbons (Fsp3) is 1.00. The third-order valence-corrected chi connectivity index (χ3v) is 6.00. The quantitative estimate of drug-likeness (QED) is 0.436. The van der Waals surface area contributed by atoms with Crippen molar-refractivity contribution in [1.82, 2.24) is 0 Å².